The zero-order valence-electron chi connectivity index (χ0n) is 12.6. The molecule has 1 saturated heterocycles. The van der Waals surface area contributed by atoms with Gasteiger partial charge in [0.15, 0.2) is 0 Å². The second kappa shape index (κ2) is 5.57. The topological polar surface area (TPSA) is 64.4 Å². The molecule has 1 heterocycles. The minimum absolute atomic E-state index is 0.0399. The number of benzene rings is 1. The number of nitrogens with zero attached hydrogens (tertiary/aromatic N) is 3. The zero-order valence-corrected chi connectivity index (χ0v) is 12.6. The lowest BCUT2D eigenvalue weighted by Crippen LogP contribution is -2.63. The van der Waals surface area contributed by atoms with Crippen molar-refractivity contribution in [1.82, 2.24) is 9.80 Å². The SMILES string of the molecule is CN1CCN(C(=O)Cc2ccc(C#N)cc2)C(C)(C)C1=O. The van der Waals surface area contributed by atoms with Crippen LogP contribution in [-0.4, -0.2) is 47.3 Å². The molecule has 5 heteroatoms. The molecule has 0 unspecified atom stereocenters. The summed E-state index contributed by atoms with van der Waals surface area (Å²) in [6.45, 7) is 4.66. The van der Waals surface area contributed by atoms with Crippen molar-refractivity contribution in [2.45, 2.75) is 25.8 Å². The first-order chi connectivity index (χ1) is 9.86. The van der Waals surface area contributed by atoms with Crippen molar-refractivity contribution in [2.24, 2.45) is 0 Å². The first-order valence-electron chi connectivity index (χ1n) is 6.91. The van der Waals surface area contributed by atoms with E-state index in [2.05, 4.69) is 0 Å². The van der Waals surface area contributed by atoms with Crippen LogP contribution in [0.2, 0.25) is 0 Å². The summed E-state index contributed by atoms with van der Waals surface area (Å²) < 4.78 is 0. The summed E-state index contributed by atoms with van der Waals surface area (Å²) in [5, 5.41) is 8.77. The molecule has 1 aromatic carbocycles. The van der Waals surface area contributed by atoms with Crippen molar-refractivity contribution >= 4 is 11.8 Å². The maximum Gasteiger partial charge on any atom is 0.247 e. The maximum atomic E-state index is 12.5. The van der Waals surface area contributed by atoms with Gasteiger partial charge >= 0.3 is 0 Å². The molecular formula is C16H19N3O2. The number of carbonyl (C=O) groups is 2. The third kappa shape index (κ3) is 2.89. The fraction of sp³-hybridized carbons (Fsp3) is 0.438. The number of likely N-dealkylation sites (N-methyl/N-ethyl adjacent to an activating group) is 1. The molecule has 1 aromatic rings. The molecule has 0 bridgehead atoms. The Labute approximate surface area is 124 Å². The standard InChI is InChI=1S/C16H19N3O2/c1-16(2)15(21)18(3)8-9-19(16)14(20)10-12-4-6-13(11-17)7-5-12/h4-7H,8-10H2,1-3H3. The molecule has 0 spiro atoms. The molecule has 1 aliphatic heterocycles. The molecule has 2 amide bonds. The number of rotatable bonds is 2. The molecule has 0 N–H and O–H groups in total. The Morgan fingerprint density at radius 2 is 1.90 bits per heavy atom. The van der Waals surface area contributed by atoms with Gasteiger partial charge in [0.1, 0.15) is 5.54 Å². The van der Waals surface area contributed by atoms with E-state index in [4.69, 9.17) is 5.26 Å². The predicted octanol–water partition coefficient (Wildman–Crippen LogP) is 1.18. The molecule has 21 heavy (non-hydrogen) atoms. The van der Waals surface area contributed by atoms with Crippen molar-refractivity contribution < 1.29 is 9.59 Å². The van der Waals surface area contributed by atoms with E-state index in [-0.39, 0.29) is 18.2 Å². The summed E-state index contributed by atoms with van der Waals surface area (Å²) in [7, 11) is 1.76. The molecule has 1 aliphatic rings. The molecule has 1 fully saturated rings. The van der Waals surface area contributed by atoms with Crippen LogP contribution >= 0.6 is 0 Å². The van der Waals surface area contributed by atoms with Gasteiger partial charge in [-0.25, -0.2) is 0 Å². The Morgan fingerprint density at radius 1 is 1.29 bits per heavy atom. The van der Waals surface area contributed by atoms with Crippen LogP contribution in [0.15, 0.2) is 24.3 Å². The quantitative estimate of drug-likeness (QED) is 0.819. The summed E-state index contributed by atoms with van der Waals surface area (Å²) in [4.78, 5) is 28.0. The molecule has 0 atom stereocenters. The Balaban J connectivity index is 2.12. The van der Waals surface area contributed by atoms with Crippen LogP contribution in [0.3, 0.4) is 0 Å². The lowest BCUT2D eigenvalue weighted by Gasteiger charge is -2.44. The fourth-order valence-corrected chi connectivity index (χ4v) is 2.62. The molecule has 0 saturated carbocycles. The van der Waals surface area contributed by atoms with Crippen LogP contribution < -0.4 is 0 Å². The summed E-state index contributed by atoms with van der Waals surface area (Å²) in [5.41, 5.74) is 0.610. The van der Waals surface area contributed by atoms with Crippen LogP contribution in [0, 0.1) is 11.3 Å². The van der Waals surface area contributed by atoms with E-state index in [0.29, 0.717) is 18.7 Å². The first-order valence-corrected chi connectivity index (χ1v) is 6.91. The maximum absolute atomic E-state index is 12.5. The lowest BCUT2D eigenvalue weighted by molar-refractivity contribution is -0.156. The van der Waals surface area contributed by atoms with Gasteiger partial charge < -0.3 is 9.80 Å². The zero-order chi connectivity index (χ0) is 15.6. The number of carbonyl (C=O) groups excluding carboxylic acids is 2. The first kappa shape index (κ1) is 15.0. The van der Waals surface area contributed by atoms with Crippen molar-refractivity contribution in [1.29, 1.82) is 5.26 Å². The van der Waals surface area contributed by atoms with Crippen LogP contribution in [0.4, 0.5) is 0 Å². The van der Waals surface area contributed by atoms with Gasteiger partial charge in [0.05, 0.1) is 18.1 Å². The molecule has 2 rings (SSSR count). The summed E-state index contributed by atoms with van der Waals surface area (Å²) in [5.74, 6) is -0.104. The smallest absolute Gasteiger partial charge is 0.247 e. The van der Waals surface area contributed by atoms with Crippen molar-refractivity contribution in [3.8, 4) is 6.07 Å². The highest BCUT2D eigenvalue weighted by Gasteiger charge is 2.42. The van der Waals surface area contributed by atoms with Gasteiger partial charge in [-0.2, -0.15) is 5.26 Å². The van der Waals surface area contributed by atoms with Crippen LogP contribution in [0.25, 0.3) is 0 Å². The number of amides is 2. The van der Waals surface area contributed by atoms with Crippen LogP contribution in [0.1, 0.15) is 25.0 Å². The average molecular weight is 285 g/mol. The largest absolute Gasteiger partial charge is 0.342 e. The van der Waals surface area contributed by atoms with E-state index < -0.39 is 5.54 Å². The molecule has 0 aliphatic carbocycles. The van der Waals surface area contributed by atoms with Crippen molar-refractivity contribution in [2.75, 3.05) is 20.1 Å². The van der Waals surface area contributed by atoms with E-state index in [0.717, 1.165) is 5.56 Å². The Hall–Kier alpha value is -2.35. The van der Waals surface area contributed by atoms with E-state index in [1.165, 1.54) is 0 Å². The van der Waals surface area contributed by atoms with E-state index >= 15 is 0 Å². The number of hydrogen-bond donors (Lipinski definition) is 0. The fourth-order valence-electron chi connectivity index (χ4n) is 2.62. The van der Waals surface area contributed by atoms with Gasteiger partial charge in [-0.1, -0.05) is 12.1 Å². The highest BCUT2D eigenvalue weighted by atomic mass is 16.2. The number of piperazine rings is 1. The van der Waals surface area contributed by atoms with Gasteiger partial charge in [0, 0.05) is 20.1 Å². The molecule has 0 aromatic heterocycles. The normalized spacial score (nSPS) is 17.5. The summed E-state index contributed by atoms with van der Waals surface area (Å²) in [6, 6.07) is 9.00. The molecule has 5 nitrogen and oxygen atoms in total. The Kier molecular flexibility index (Phi) is 3.99. The van der Waals surface area contributed by atoms with Crippen molar-refractivity contribution in [3.05, 3.63) is 35.4 Å². The average Bonchev–Trinajstić information content (AvgIpc) is 2.45. The molecular weight excluding hydrogens is 266 g/mol. The second-order valence-electron chi connectivity index (χ2n) is 5.82. The van der Waals surface area contributed by atoms with Crippen LogP contribution in [0.5, 0.6) is 0 Å². The number of nitriles is 1. The Bertz CT molecular complexity index is 599. The monoisotopic (exact) mass is 285 g/mol. The Morgan fingerprint density at radius 3 is 2.48 bits per heavy atom. The highest BCUT2D eigenvalue weighted by molar-refractivity contribution is 5.92. The minimum atomic E-state index is -0.809. The van der Waals surface area contributed by atoms with Gasteiger partial charge in [-0.15, -0.1) is 0 Å². The lowest BCUT2D eigenvalue weighted by atomic mass is 9.96. The van der Waals surface area contributed by atoms with E-state index in [1.54, 1.807) is 55.0 Å². The molecule has 0 radical (unpaired) electrons. The van der Waals surface area contributed by atoms with Crippen LogP contribution in [-0.2, 0) is 16.0 Å². The third-order valence-corrected chi connectivity index (χ3v) is 3.94. The van der Waals surface area contributed by atoms with Gasteiger partial charge in [-0.05, 0) is 31.5 Å². The minimum Gasteiger partial charge on any atom is -0.342 e. The van der Waals surface area contributed by atoms with E-state index in [1.807, 2.05) is 6.07 Å². The number of hydrogen-bond acceptors (Lipinski definition) is 3. The molecule has 110 valence electrons. The van der Waals surface area contributed by atoms with Gasteiger partial charge in [0.2, 0.25) is 11.8 Å². The summed E-state index contributed by atoms with van der Waals surface area (Å²) >= 11 is 0. The van der Waals surface area contributed by atoms with Gasteiger partial charge in [-0.3, -0.25) is 9.59 Å². The van der Waals surface area contributed by atoms with E-state index in [9.17, 15) is 9.59 Å². The van der Waals surface area contributed by atoms with Gasteiger partial charge in [0.25, 0.3) is 0 Å². The second-order valence-corrected chi connectivity index (χ2v) is 5.82. The summed E-state index contributed by atoms with van der Waals surface area (Å²) in [6.07, 6.45) is 0.242. The van der Waals surface area contributed by atoms with Crippen molar-refractivity contribution in [3.63, 3.8) is 0 Å². The predicted molar refractivity (Wildman–Crippen MR) is 78.3 cm³/mol. The third-order valence-electron chi connectivity index (χ3n) is 3.94. The highest BCUT2D eigenvalue weighted by Crippen LogP contribution is 2.22.